The van der Waals surface area contributed by atoms with Crippen LogP contribution < -0.4 is 4.74 Å². The lowest BCUT2D eigenvalue weighted by Gasteiger charge is -2.28. The molecule has 0 aromatic heterocycles. The molecule has 0 aliphatic heterocycles. The molecule has 3 heteroatoms. The van der Waals surface area contributed by atoms with Crippen LogP contribution in [-0.2, 0) is 0 Å². The van der Waals surface area contributed by atoms with Gasteiger partial charge in [0, 0.05) is 5.41 Å². The summed E-state index contributed by atoms with van der Waals surface area (Å²) in [4.78, 5) is 0. The molecule has 3 nitrogen and oxygen atoms in total. The van der Waals surface area contributed by atoms with Crippen molar-refractivity contribution in [1.29, 1.82) is 0 Å². The standard InChI is InChI=1S/C12H18O3/c1-12(2,11(14)8-13)9-15-10-6-4-3-5-7-10/h3-7,11,13-14H,8-9H2,1-2H3/t11-/m0/s1. The minimum atomic E-state index is -0.763. The van der Waals surface area contributed by atoms with Gasteiger partial charge in [-0.15, -0.1) is 0 Å². The average molecular weight is 210 g/mol. The zero-order valence-electron chi connectivity index (χ0n) is 9.18. The van der Waals surface area contributed by atoms with E-state index in [2.05, 4.69) is 0 Å². The molecule has 84 valence electrons. The highest BCUT2D eigenvalue weighted by Gasteiger charge is 2.28. The number of para-hydroxylation sites is 1. The van der Waals surface area contributed by atoms with Gasteiger partial charge in [0.05, 0.1) is 19.3 Å². The van der Waals surface area contributed by atoms with Crippen molar-refractivity contribution in [3.63, 3.8) is 0 Å². The lowest BCUT2D eigenvalue weighted by molar-refractivity contribution is -0.0199. The van der Waals surface area contributed by atoms with Gasteiger partial charge in [0.1, 0.15) is 5.75 Å². The first-order valence-corrected chi connectivity index (χ1v) is 5.03. The molecule has 1 aromatic carbocycles. The van der Waals surface area contributed by atoms with Gasteiger partial charge >= 0.3 is 0 Å². The Morgan fingerprint density at radius 3 is 2.40 bits per heavy atom. The minimum absolute atomic E-state index is 0.245. The molecule has 0 amide bonds. The summed E-state index contributed by atoms with van der Waals surface area (Å²) in [5.74, 6) is 0.774. The highest BCUT2D eigenvalue weighted by atomic mass is 16.5. The number of hydrogen-bond acceptors (Lipinski definition) is 3. The lowest BCUT2D eigenvalue weighted by Crippen LogP contribution is -2.37. The lowest BCUT2D eigenvalue weighted by atomic mass is 9.88. The summed E-state index contributed by atoms with van der Waals surface area (Å²) in [7, 11) is 0. The maximum absolute atomic E-state index is 9.53. The predicted octanol–water partition coefficient (Wildman–Crippen LogP) is 1.44. The van der Waals surface area contributed by atoms with Crippen molar-refractivity contribution in [2.75, 3.05) is 13.2 Å². The summed E-state index contributed by atoms with van der Waals surface area (Å²) in [6, 6.07) is 9.43. The van der Waals surface area contributed by atoms with Crippen molar-refractivity contribution in [2.24, 2.45) is 5.41 Å². The van der Waals surface area contributed by atoms with Crippen LogP contribution in [-0.4, -0.2) is 29.5 Å². The van der Waals surface area contributed by atoms with E-state index in [1.165, 1.54) is 0 Å². The number of rotatable bonds is 5. The molecule has 1 atom stereocenters. The molecule has 0 heterocycles. The largest absolute Gasteiger partial charge is 0.493 e. The second-order valence-electron chi connectivity index (χ2n) is 4.29. The van der Waals surface area contributed by atoms with E-state index in [1.54, 1.807) is 0 Å². The van der Waals surface area contributed by atoms with Crippen LogP contribution in [0, 0.1) is 5.41 Å². The van der Waals surface area contributed by atoms with E-state index in [9.17, 15) is 5.11 Å². The topological polar surface area (TPSA) is 49.7 Å². The molecule has 1 rings (SSSR count). The van der Waals surface area contributed by atoms with Crippen molar-refractivity contribution in [3.05, 3.63) is 30.3 Å². The van der Waals surface area contributed by atoms with E-state index in [4.69, 9.17) is 9.84 Å². The Balaban J connectivity index is 2.49. The molecular formula is C12H18O3. The SMILES string of the molecule is CC(C)(COc1ccccc1)[C@@H](O)CO. The Hall–Kier alpha value is -1.06. The van der Waals surface area contributed by atoms with Crippen LogP contribution in [0.1, 0.15) is 13.8 Å². The highest BCUT2D eigenvalue weighted by molar-refractivity contribution is 5.21. The monoisotopic (exact) mass is 210 g/mol. The van der Waals surface area contributed by atoms with Crippen molar-refractivity contribution in [3.8, 4) is 5.75 Å². The van der Waals surface area contributed by atoms with Gasteiger partial charge in [0.2, 0.25) is 0 Å². The fourth-order valence-corrected chi connectivity index (χ4v) is 1.13. The molecule has 0 saturated heterocycles. The Labute approximate surface area is 90.3 Å². The van der Waals surface area contributed by atoms with E-state index < -0.39 is 11.5 Å². The predicted molar refractivity (Wildman–Crippen MR) is 58.8 cm³/mol. The zero-order valence-corrected chi connectivity index (χ0v) is 9.18. The molecule has 2 N–H and O–H groups in total. The number of ether oxygens (including phenoxy) is 1. The summed E-state index contributed by atoms with van der Waals surface area (Å²) in [6.07, 6.45) is -0.763. The zero-order chi connectivity index (χ0) is 11.3. The third-order valence-electron chi connectivity index (χ3n) is 2.43. The fraction of sp³-hybridized carbons (Fsp3) is 0.500. The second kappa shape index (κ2) is 5.14. The van der Waals surface area contributed by atoms with E-state index in [1.807, 2.05) is 44.2 Å². The molecular weight excluding hydrogens is 192 g/mol. The van der Waals surface area contributed by atoms with Crippen LogP contribution in [0.3, 0.4) is 0 Å². The normalized spacial score (nSPS) is 13.6. The van der Waals surface area contributed by atoms with Gasteiger partial charge in [-0.05, 0) is 12.1 Å². The third kappa shape index (κ3) is 3.53. The average Bonchev–Trinajstić information content (AvgIpc) is 2.27. The molecule has 0 saturated carbocycles. The van der Waals surface area contributed by atoms with Gasteiger partial charge in [-0.3, -0.25) is 0 Å². The number of aliphatic hydroxyl groups excluding tert-OH is 2. The Bertz CT molecular complexity index is 282. The Morgan fingerprint density at radius 2 is 1.87 bits per heavy atom. The summed E-state index contributed by atoms with van der Waals surface area (Å²) in [5, 5.41) is 18.4. The van der Waals surface area contributed by atoms with Gasteiger partial charge < -0.3 is 14.9 Å². The second-order valence-corrected chi connectivity index (χ2v) is 4.29. The smallest absolute Gasteiger partial charge is 0.119 e. The van der Waals surface area contributed by atoms with E-state index in [0.717, 1.165) is 5.75 Å². The van der Waals surface area contributed by atoms with Crippen LogP contribution in [0.5, 0.6) is 5.75 Å². The first kappa shape index (κ1) is 12.0. The summed E-state index contributed by atoms with van der Waals surface area (Å²) in [6.45, 7) is 3.84. The van der Waals surface area contributed by atoms with Gasteiger partial charge in [0.15, 0.2) is 0 Å². The van der Waals surface area contributed by atoms with Crippen molar-refractivity contribution in [1.82, 2.24) is 0 Å². The van der Waals surface area contributed by atoms with Crippen molar-refractivity contribution in [2.45, 2.75) is 20.0 Å². The quantitative estimate of drug-likeness (QED) is 0.773. The Morgan fingerprint density at radius 1 is 1.27 bits per heavy atom. The summed E-state index contributed by atoms with van der Waals surface area (Å²) >= 11 is 0. The summed E-state index contributed by atoms with van der Waals surface area (Å²) < 4.78 is 5.52. The maximum Gasteiger partial charge on any atom is 0.119 e. The molecule has 0 radical (unpaired) electrons. The van der Waals surface area contributed by atoms with Crippen LogP contribution in [0.2, 0.25) is 0 Å². The molecule has 1 aromatic rings. The molecule has 0 unspecified atom stereocenters. The van der Waals surface area contributed by atoms with Gasteiger partial charge in [-0.2, -0.15) is 0 Å². The van der Waals surface area contributed by atoms with Crippen molar-refractivity contribution < 1.29 is 14.9 Å². The minimum Gasteiger partial charge on any atom is -0.493 e. The van der Waals surface area contributed by atoms with Gasteiger partial charge in [0.25, 0.3) is 0 Å². The fourth-order valence-electron chi connectivity index (χ4n) is 1.13. The maximum atomic E-state index is 9.53. The van der Waals surface area contributed by atoms with Gasteiger partial charge in [-0.1, -0.05) is 32.0 Å². The number of benzene rings is 1. The number of aliphatic hydroxyl groups is 2. The molecule has 0 bridgehead atoms. The van der Waals surface area contributed by atoms with Crippen LogP contribution in [0.25, 0.3) is 0 Å². The third-order valence-corrected chi connectivity index (χ3v) is 2.43. The Kier molecular flexibility index (Phi) is 4.12. The van der Waals surface area contributed by atoms with Gasteiger partial charge in [-0.25, -0.2) is 0 Å². The van der Waals surface area contributed by atoms with Crippen LogP contribution in [0.15, 0.2) is 30.3 Å². The first-order chi connectivity index (χ1) is 7.06. The number of hydrogen-bond donors (Lipinski definition) is 2. The summed E-state index contributed by atoms with van der Waals surface area (Å²) in [5.41, 5.74) is -0.454. The van der Waals surface area contributed by atoms with E-state index in [-0.39, 0.29) is 6.61 Å². The van der Waals surface area contributed by atoms with E-state index >= 15 is 0 Å². The molecule has 0 spiro atoms. The molecule has 0 fully saturated rings. The first-order valence-electron chi connectivity index (χ1n) is 5.03. The van der Waals surface area contributed by atoms with Crippen LogP contribution >= 0.6 is 0 Å². The van der Waals surface area contributed by atoms with E-state index in [0.29, 0.717) is 6.61 Å². The molecule has 15 heavy (non-hydrogen) atoms. The molecule has 0 aliphatic carbocycles. The van der Waals surface area contributed by atoms with Crippen molar-refractivity contribution >= 4 is 0 Å². The molecule has 0 aliphatic rings. The highest BCUT2D eigenvalue weighted by Crippen LogP contribution is 2.22. The van der Waals surface area contributed by atoms with Crippen LogP contribution in [0.4, 0.5) is 0 Å².